The van der Waals surface area contributed by atoms with Gasteiger partial charge in [0.15, 0.2) is 6.10 Å². The van der Waals surface area contributed by atoms with E-state index in [-0.39, 0.29) is 25.0 Å². The summed E-state index contributed by atoms with van der Waals surface area (Å²) in [5, 5.41) is 9.76. The molecule has 1 aliphatic heterocycles. The summed E-state index contributed by atoms with van der Waals surface area (Å²) in [6, 6.07) is 0. The Labute approximate surface area is 361 Å². The molecule has 0 bridgehead atoms. The molecule has 4 N–H and O–H groups in total. The second-order valence-electron chi connectivity index (χ2n) is 15.7. The van der Waals surface area contributed by atoms with E-state index < -0.39 is 66.2 Å². The SMILES string of the molecule is CCCCC/C=C\C/C=C\CC1OC1C/C=C\CCCC(=O)OC[C@H](COP(=O)(O)OC[C@@H](O)COP(=O)(O)O)OC(=O)CCCCCCCCCCCCCCCCC. The van der Waals surface area contributed by atoms with Crippen LogP contribution < -0.4 is 0 Å². The third-order valence-electron chi connectivity index (χ3n) is 9.92. The van der Waals surface area contributed by atoms with Crippen molar-refractivity contribution in [1.29, 1.82) is 0 Å². The van der Waals surface area contributed by atoms with Crippen LogP contribution in [0, 0.1) is 0 Å². The normalized spacial score (nSPS) is 17.7. The molecule has 1 heterocycles. The molecule has 0 aromatic rings. The molecule has 1 rings (SSSR count). The van der Waals surface area contributed by atoms with Crippen molar-refractivity contribution in [3.8, 4) is 0 Å². The van der Waals surface area contributed by atoms with Crippen molar-refractivity contribution in [2.24, 2.45) is 0 Å². The van der Waals surface area contributed by atoms with Crippen LogP contribution in [0.3, 0.4) is 0 Å². The molecule has 0 amide bonds. The van der Waals surface area contributed by atoms with Gasteiger partial charge in [-0.25, -0.2) is 9.13 Å². The molecule has 0 aromatic heterocycles. The number of phosphoric ester groups is 2. The van der Waals surface area contributed by atoms with E-state index in [2.05, 4.69) is 53.3 Å². The second kappa shape index (κ2) is 36.8. The summed E-state index contributed by atoms with van der Waals surface area (Å²) >= 11 is 0. The lowest BCUT2D eigenvalue weighted by molar-refractivity contribution is -0.161. The molecule has 0 aliphatic carbocycles. The van der Waals surface area contributed by atoms with Gasteiger partial charge in [0.25, 0.3) is 0 Å². The average Bonchev–Trinajstić information content (AvgIpc) is 3.96. The standard InChI is InChI=1S/C44H80O14P2/c1-3-5-7-9-11-13-14-15-16-17-18-20-22-24-30-34-44(47)57-40(38-56-60(51,52)55-36-39(45)35-54-59(48,49)50)37-53-43(46)33-29-26-25-28-32-42-41(58-42)31-27-23-21-19-12-10-8-6-4-2/h12,19,23,25,27-28,39-42,45H,3-11,13-18,20-22,24,26,29-38H2,1-2H3,(H,51,52)(H2,48,49,50)/b19-12-,27-23-,28-25-/t39-,40+,41?,42?/m0/s1. The quantitative estimate of drug-likeness (QED) is 0.0148. The van der Waals surface area contributed by atoms with Crippen LogP contribution >= 0.6 is 15.6 Å². The van der Waals surface area contributed by atoms with E-state index in [1.165, 1.54) is 89.9 Å². The van der Waals surface area contributed by atoms with Crippen molar-refractivity contribution in [3.63, 3.8) is 0 Å². The molecule has 3 unspecified atom stereocenters. The van der Waals surface area contributed by atoms with Crippen LogP contribution in [0.5, 0.6) is 0 Å². The Morgan fingerprint density at radius 2 is 1.03 bits per heavy atom. The van der Waals surface area contributed by atoms with E-state index in [9.17, 15) is 28.7 Å². The van der Waals surface area contributed by atoms with Crippen LogP contribution in [0.4, 0.5) is 0 Å². The van der Waals surface area contributed by atoms with Gasteiger partial charge in [-0.15, -0.1) is 0 Å². The zero-order valence-electron chi connectivity index (χ0n) is 36.8. The van der Waals surface area contributed by atoms with Crippen LogP contribution in [0.2, 0.25) is 0 Å². The number of rotatable bonds is 42. The number of hydrogen-bond acceptors (Lipinski definition) is 11. The van der Waals surface area contributed by atoms with Gasteiger partial charge in [0.05, 0.1) is 32.0 Å². The molecule has 0 saturated carbocycles. The topological polar surface area (TPSA) is 208 Å². The Morgan fingerprint density at radius 3 is 1.63 bits per heavy atom. The predicted octanol–water partition coefficient (Wildman–Crippen LogP) is 10.7. The average molecular weight is 895 g/mol. The van der Waals surface area contributed by atoms with Crippen molar-refractivity contribution >= 4 is 27.6 Å². The van der Waals surface area contributed by atoms with E-state index >= 15 is 0 Å². The number of aliphatic hydroxyl groups is 1. The Balaban J connectivity index is 2.38. The Kier molecular flexibility index (Phi) is 34.5. The van der Waals surface area contributed by atoms with Crippen molar-refractivity contribution in [3.05, 3.63) is 36.5 Å². The van der Waals surface area contributed by atoms with Crippen molar-refractivity contribution < 1.29 is 66.3 Å². The number of unbranched alkanes of at least 4 members (excludes halogenated alkanes) is 18. The zero-order valence-corrected chi connectivity index (χ0v) is 38.5. The number of ether oxygens (including phenoxy) is 3. The molecule has 5 atom stereocenters. The zero-order chi connectivity index (χ0) is 44.2. The molecule has 0 radical (unpaired) electrons. The van der Waals surface area contributed by atoms with Crippen molar-refractivity contribution in [2.75, 3.05) is 26.4 Å². The molecule has 350 valence electrons. The third kappa shape index (κ3) is 36.9. The van der Waals surface area contributed by atoms with E-state index in [0.29, 0.717) is 19.3 Å². The van der Waals surface area contributed by atoms with E-state index in [1.54, 1.807) is 0 Å². The first-order valence-corrected chi connectivity index (χ1v) is 25.8. The highest BCUT2D eigenvalue weighted by Crippen LogP contribution is 2.44. The summed E-state index contributed by atoms with van der Waals surface area (Å²) in [5.74, 6) is -1.10. The largest absolute Gasteiger partial charge is 0.472 e. The first-order valence-electron chi connectivity index (χ1n) is 22.8. The first kappa shape index (κ1) is 56.3. The molecule has 1 saturated heterocycles. The van der Waals surface area contributed by atoms with Crippen molar-refractivity contribution in [1.82, 2.24) is 0 Å². The lowest BCUT2D eigenvalue weighted by Gasteiger charge is -2.20. The molecular weight excluding hydrogens is 814 g/mol. The maximum atomic E-state index is 12.7. The van der Waals surface area contributed by atoms with Gasteiger partial charge in [-0.05, 0) is 51.4 Å². The Bertz CT molecular complexity index is 1270. The second-order valence-corrected chi connectivity index (χ2v) is 18.4. The van der Waals surface area contributed by atoms with E-state index in [1.807, 2.05) is 6.08 Å². The van der Waals surface area contributed by atoms with Crippen LogP contribution in [-0.4, -0.2) is 82.6 Å². The van der Waals surface area contributed by atoms with Crippen LogP contribution in [0.15, 0.2) is 36.5 Å². The fraction of sp³-hybridized carbons (Fsp3) is 0.818. The van der Waals surface area contributed by atoms with Crippen LogP contribution in [-0.2, 0) is 46.5 Å². The van der Waals surface area contributed by atoms with Crippen molar-refractivity contribution in [2.45, 2.75) is 205 Å². The highest BCUT2D eigenvalue weighted by atomic mass is 31.2. The minimum Gasteiger partial charge on any atom is -0.462 e. The summed E-state index contributed by atoms with van der Waals surface area (Å²) < 4.78 is 53.5. The minimum atomic E-state index is -4.87. The van der Waals surface area contributed by atoms with E-state index in [4.69, 9.17) is 28.5 Å². The maximum Gasteiger partial charge on any atom is 0.472 e. The molecule has 16 heteroatoms. The number of hydrogen-bond donors (Lipinski definition) is 4. The number of esters is 2. The minimum absolute atomic E-state index is 0.113. The van der Waals surface area contributed by atoms with Gasteiger partial charge in [-0.2, -0.15) is 0 Å². The van der Waals surface area contributed by atoms with Crippen LogP contribution in [0.25, 0.3) is 0 Å². The van der Waals surface area contributed by atoms with E-state index in [0.717, 1.165) is 44.9 Å². The third-order valence-corrected chi connectivity index (χ3v) is 11.4. The van der Waals surface area contributed by atoms with Gasteiger partial charge in [-0.3, -0.25) is 23.2 Å². The molecule has 1 aliphatic rings. The van der Waals surface area contributed by atoms with Gasteiger partial charge < -0.3 is 34.0 Å². The first-order chi connectivity index (χ1) is 28.8. The Hall–Kier alpha value is -1.70. The maximum absolute atomic E-state index is 12.7. The molecule has 1 fully saturated rings. The number of phosphoric acid groups is 2. The summed E-state index contributed by atoms with van der Waals surface area (Å²) in [6.45, 7) is 1.67. The number of carbonyl (C=O) groups is 2. The Morgan fingerprint density at radius 1 is 0.567 bits per heavy atom. The predicted molar refractivity (Wildman–Crippen MR) is 234 cm³/mol. The van der Waals surface area contributed by atoms with Gasteiger partial charge in [0.2, 0.25) is 0 Å². The highest BCUT2D eigenvalue weighted by Gasteiger charge is 2.36. The summed E-state index contributed by atoms with van der Waals surface area (Å²) in [4.78, 5) is 52.8. The smallest absolute Gasteiger partial charge is 0.462 e. The van der Waals surface area contributed by atoms with Crippen LogP contribution in [0.1, 0.15) is 181 Å². The number of allylic oxidation sites excluding steroid dienone is 4. The summed E-state index contributed by atoms with van der Waals surface area (Å²) in [7, 11) is -9.69. The number of aliphatic hydroxyl groups excluding tert-OH is 1. The van der Waals surface area contributed by atoms with Gasteiger partial charge in [0.1, 0.15) is 12.7 Å². The number of epoxide rings is 1. The lowest BCUT2D eigenvalue weighted by atomic mass is 10.0. The summed E-state index contributed by atoms with van der Waals surface area (Å²) in [5.41, 5.74) is 0. The van der Waals surface area contributed by atoms with Gasteiger partial charge in [-0.1, -0.05) is 153 Å². The summed E-state index contributed by atoms with van der Waals surface area (Å²) in [6.07, 6.45) is 37.3. The highest BCUT2D eigenvalue weighted by molar-refractivity contribution is 7.47. The van der Waals surface area contributed by atoms with Gasteiger partial charge >= 0.3 is 27.6 Å². The lowest BCUT2D eigenvalue weighted by Crippen LogP contribution is -2.30. The fourth-order valence-corrected chi connectivity index (χ4v) is 7.48. The molecule has 0 spiro atoms. The monoisotopic (exact) mass is 895 g/mol. The van der Waals surface area contributed by atoms with Gasteiger partial charge in [0, 0.05) is 12.8 Å². The fourth-order valence-electron chi connectivity index (χ4n) is 6.32. The molecule has 0 aromatic carbocycles. The molecule has 14 nitrogen and oxygen atoms in total. The molecular formula is C44H80O14P2. The number of carbonyl (C=O) groups excluding carboxylic acids is 2. The molecule has 60 heavy (non-hydrogen) atoms.